The summed E-state index contributed by atoms with van der Waals surface area (Å²) < 4.78 is 0. The lowest BCUT2D eigenvalue weighted by atomic mass is 9.87. The Balaban J connectivity index is 1.56. The van der Waals surface area contributed by atoms with Crippen molar-refractivity contribution in [3.05, 3.63) is 119 Å². The maximum Gasteiger partial charge on any atom is 0.116 e. The van der Waals surface area contributed by atoms with Crippen LogP contribution in [0.15, 0.2) is 103 Å². The highest BCUT2D eigenvalue weighted by Crippen LogP contribution is 2.45. The van der Waals surface area contributed by atoms with Crippen LogP contribution in [0.2, 0.25) is 10.0 Å². The van der Waals surface area contributed by atoms with Crippen molar-refractivity contribution >= 4 is 77.3 Å². The summed E-state index contributed by atoms with van der Waals surface area (Å²) in [7, 11) is 0. The Kier molecular flexibility index (Phi) is 4.88. The Morgan fingerprint density at radius 1 is 0.487 bits per heavy atom. The summed E-state index contributed by atoms with van der Waals surface area (Å²) in [4.78, 5) is 9.67. The van der Waals surface area contributed by atoms with Gasteiger partial charge in [0.05, 0.1) is 11.0 Å². The van der Waals surface area contributed by atoms with E-state index in [4.69, 9.17) is 33.2 Å². The second-order valence-corrected chi connectivity index (χ2v) is 11.0. The Bertz CT molecular complexity index is 2120. The predicted octanol–water partition coefficient (Wildman–Crippen LogP) is 10.6. The lowest BCUT2D eigenvalue weighted by Gasteiger charge is -2.18. The summed E-state index contributed by atoms with van der Waals surface area (Å²) in [6.07, 6.45) is 1.69. The van der Waals surface area contributed by atoms with Gasteiger partial charge in [-0.2, -0.15) is 0 Å². The monoisotopic (exact) mass is 538 g/mol. The van der Waals surface area contributed by atoms with Crippen molar-refractivity contribution in [1.82, 2.24) is 9.97 Å². The first kappa shape index (κ1) is 22.7. The minimum Gasteiger partial charge on any atom is -0.236 e. The molecule has 8 aromatic rings. The van der Waals surface area contributed by atoms with Gasteiger partial charge < -0.3 is 0 Å². The van der Waals surface area contributed by atoms with Crippen molar-refractivity contribution < 1.29 is 0 Å². The Labute approximate surface area is 234 Å². The number of fused-ring (bicyclic) bond motifs is 6. The average molecular weight is 539 g/mol. The zero-order valence-electron chi connectivity index (χ0n) is 21.0. The second-order valence-electron chi connectivity index (χ2n) is 10.2. The molecule has 0 spiro atoms. The molecule has 7 aromatic carbocycles. The van der Waals surface area contributed by atoms with Crippen molar-refractivity contribution in [3.8, 4) is 22.3 Å². The number of halogens is 2. The van der Waals surface area contributed by atoms with Gasteiger partial charge in [-0.1, -0.05) is 96.0 Å². The van der Waals surface area contributed by atoms with E-state index in [2.05, 4.69) is 67.6 Å². The molecule has 0 bridgehead atoms. The first-order valence-corrected chi connectivity index (χ1v) is 13.6. The van der Waals surface area contributed by atoms with Gasteiger partial charge in [0.25, 0.3) is 0 Å². The third kappa shape index (κ3) is 3.29. The van der Waals surface area contributed by atoms with E-state index in [9.17, 15) is 0 Å². The van der Waals surface area contributed by atoms with Gasteiger partial charge in [-0.3, -0.25) is 0 Å². The Morgan fingerprint density at radius 3 is 1.46 bits per heavy atom. The lowest BCUT2D eigenvalue weighted by Crippen LogP contribution is -1.95. The molecule has 0 aliphatic rings. The van der Waals surface area contributed by atoms with E-state index in [0.29, 0.717) is 0 Å². The molecule has 0 aliphatic carbocycles. The molecule has 0 atom stereocenters. The molecule has 0 radical (unpaired) electrons. The molecule has 0 unspecified atom stereocenters. The fraction of sp³-hybridized carbons (Fsp3) is 0.0286. The van der Waals surface area contributed by atoms with Gasteiger partial charge in [0.15, 0.2) is 0 Å². The van der Waals surface area contributed by atoms with Crippen molar-refractivity contribution in [1.29, 1.82) is 0 Å². The van der Waals surface area contributed by atoms with E-state index >= 15 is 0 Å². The van der Waals surface area contributed by atoms with Crippen molar-refractivity contribution in [2.24, 2.45) is 0 Å². The third-order valence-electron chi connectivity index (χ3n) is 7.88. The summed E-state index contributed by atoms with van der Waals surface area (Å²) >= 11 is 13.2. The van der Waals surface area contributed by atoms with Crippen LogP contribution in [-0.2, 0) is 0 Å². The Morgan fingerprint density at radius 2 is 0.974 bits per heavy atom. The van der Waals surface area contributed by atoms with Gasteiger partial charge in [-0.25, -0.2) is 9.97 Å². The predicted molar refractivity (Wildman–Crippen MR) is 166 cm³/mol. The van der Waals surface area contributed by atoms with Crippen molar-refractivity contribution in [2.45, 2.75) is 6.92 Å². The van der Waals surface area contributed by atoms with Gasteiger partial charge in [-0.05, 0) is 69.4 Å². The quantitative estimate of drug-likeness (QED) is 0.161. The number of nitrogens with zero attached hydrogens (tertiary/aromatic N) is 2. The molecule has 8 rings (SSSR count). The smallest absolute Gasteiger partial charge is 0.116 e. The molecule has 1 heterocycles. The topological polar surface area (TPSA) is 25.8 Å². The van der Waals surface area contributed by atoms with Gasteiger partial charge >= 0.3 is 0 Å². The number of benzene rings is 7. The van der Waals surface area contributed by atoms with Crippen molar-refractivity contribution in [3.63, 3.8) is 0 Å². The molecule has 4 heteroatoms. The Hall–Kier alpha value is -4.24. The molecule has 0 amide bonds. The number of aromatic nitrogens is 2. The SMILES string of the molecule is Cc1cc2c3cc(-c4ccccc4Cl)ccc3c3ncnc4c5ccc(-c6ccccc6Cl)cc5c(c1)c2c34. The van der Waals surface area contributed by atoms with E-state index in [1.165, 1.54) is 21.7 Å². The van der Waals surface area contributed by atoms with Crippen molar-refractivity contribution in [2.75, 3.05) is 0 Å². The van der Waals surface area contributed by atoms with Crippen LogP contribution in [0.5, 0.6) is 0 Å². The molecule has 2 nitrogen and oxygen atoms in total. The molecule has 0 fully saturated rings. The number of hydrogen-bond acceptors (Lipinski definition) is 2. The number of rotatable bonds is 2. The van der Waals surface area contributed by atoms with E-state index in [1.54, 1.807) is 6.33 Å². The van der Waals surface area contributed by atoms with E-state index in [-0.39, 0.29) is 0 Å². The van der Waals surface area contributed by atoms with E-state index in [0.717, 1.165) is 70.3 Å². The summed E-state index contributed by atoms with van der Waals surface area (Å²) in [5, 5.41) is 10.7. The maximum absolute atomic E-state index is 6.61. The first-order valence-electron chi connectivity index (χ1n) is 12.9. The minimum atomic E-state index is 0.741. The molecule has 1 aromatic heterocycles. The molecule has 184 valence electrons. The summed E-state index contributed by atoms with van der Waals surface area (Å²) in [6, 6.07) is 33.7. The second kappa shape index (κ2) is 8.38. The lowest BCUT2D eigenvalue weighted by molar-refractivity contribution is 1.27. The molecule has 0 saturated heterocycles. The standard InChI is InChI=1S/C35H20Cl2N2/c1-19-14-28-26-16-20(22-6-2-4-8-30(22)36)10-12-24(26)34-33-32(28)29(15-19)27-17-21(23-7-3-5-9-31(23)37)11-13-25(27)35(33)39-18-38-34/h2-18H,1H3. The van der Waals surface area contributed by atoms with Crippen LogP contribution >= 0.6 is 23.2 Å². The summed E-state index contributed by atoms with van der Waals surface area (Å²) in [5.74, 6) is 0. The average Bonchev–Trinajstić information content (AvgIpc) is 2.96. The summed E-state index contributed by atoms with van der Waals surface area (Å²) in [6.45, 7) is 2.17. The van der Waals surface area contributed by atoms with Crippen LogP contribution in [0.3, 0.4) is 0 Å². The van der Waals surface area contributed by atoms with Gasteiger partial charge in [0.2, 0.25) is 0 Å². The number of hydrogen-bond donors (Lipinski definition) is 0. The highest BCUT2D eigenvalue weighted by Gasteiger charge is 2.20. The first-order chi connectivity index (χ1) is 19.1. The zero-order chi connectivity index (χ0) is 26.2. The highest BCUT2D eigenvalue weighted by molar-refractivity contribution is 6.39. The number of aryl methyl sites for hydroxylation is 1. The van der Waals surface area contributed by atoms with E-state index < -0.39 is 0 Å². The van der Waals surface area contributed by atoms with Crippen LogP contribution in [0.4, 0.5) is 0 Å². The molecule has 0 aliphatic heterocycles. The normalized spacial score (nSPS) is 12.0. The fourth-order valence-electron chi connectivity index (χ4n) is 6.18. The minimum absolute atomic E-state index is 0.741. The van der Waals surface area contributed by atoms with E-state index in [1.807, 2.05) is 36.4 Å². The van der Waals surface area contributed by atoms with Crippen LogP contribution in [-0.4, -0.2) is 9.97 Å². The van der Waals surface area contributed by atoms with Gasteiger partial charge in [0.1, 0.15) is 6.33 Å². The summed E-state index contributed by atoms with van der Waals surface area (Å²) in [5.41, 5.74) is 7.36. The van der Waals surface area contributed by atoms with Crippen LogP contribution in [0, 0.1) is 6.92 Å². The molecular formula is C35H20Cl2N2. The maximum atomic E-state index is 6.61. The molecular weight excluding hydrogens is 519 g/mol. The van der Waals surface area contributed by atoms with Crippen LogP contribution in [0.25, 0.3) is 76.4 Å². The fourth-order valence-corrected chi connectivity index (χ4v) is 6.67. The molecule has 0 saturated carbocycles. The zero-order valence-corrected chi connectivity index (χ0v) is 22.5. The van der Waals surface area contributed by atoms with Gasteiger partial charge in [-0.15, -0.1) is 0 Å². The molecule has 39 heavy (non-hydrogen) atoms. The largest absolute Gasteiger partial charge is 0.236 e. The van der Waals surface area contributed by atoms with Gasteiger partial charge in [0, 0.05) is 42.7 Å². The molecule has 0 N–H and O–H groups in total. The highest BCUT2D eigenvalue weighted by atomic mass is 35.5. The van der Waals surface area contributed by atoms with Crippen LogP contribution in [0.1, 0.15) is 5.56 Å². The third-order valence-corrected chi connectivity index (χ3v) is 8.54. The van der Waals surface area contributed by atoms with Crippen LogP contribution < -0.4 is 0 Å².